The smallest absolute Gasteiger partial charge is 0.222 e. The van der Waals surface area contributed by atoms with Crippen LogP contribution in [0.15, 0.2) is 0 Å². The Morgan fingerprint density at radius 3 is 2.38 bits per heavy atom. The van der Waals surface area contributed by atoms with Crippen molar-refractivity contribution in [3.63, 3.8) is 0 Å². The minimum absolute atomic E-state index is 0. The van der Waals surface area contributed by atoms with Gasteiger partial charge in [0.1, 0.15) is 0 Å². The van der Waals surface area contributed by atoms with Crippen LogP contribution in [0.2, 0.25) is 0 Å². The van der Waals surface area contributed by atoms with Crippen LogP contribution < -0.4 is 0 Å². The molecule has 0 unspecified atom stereocenters. The van der Waals surface area contributed by atoms with E-state index < -0.39 is 0 Å². The van der Waals surface area contributed by atoms with Crippen molar-refractivity contribution in [3.05, 3.63) is 0 Å². The first-order valence-corrected chi connectivity index (χ1v) is 2.54. The zero-order valence-corrected chi connectivity index (χ0v) is 7.83. The molecule has 0 spiro atoms. The van der Waals surface area contributed by atoms with E-state index in [-0.39, 0.29) is 23.9 Å². The second-order valence-corrected chi connectivity index (χ2v) is 1.92. The Morgan fingerprint density at radius 1 is 1.62 bits per heavy atom. The van der Waals surface area contributed by atoms with Gasteiger partial charge in [-0.25, -0.2) is 0 Å². The van der Waals surface area contributed by atoms with Crippen LogP contribution in [0.3, 0.4) is 0 Å². The van der Waals surface area contributed by atoms with Gasteiger partial charge in [-0.05, 0) is 6.42 Å². The van der Waals surface area contributed by atoms with Gasteiger partial charge in [0.15, 0.2) is 0 Å². The first kappa shape index (κ1) is 8.27. The standard InChI is InChI=1S/C5H9NO.Sn/c1-6-4-2-3-5(6)7;/h2-4H2,1H3;. The zero-order valence-electron chi connectivity index (χ0n) is 4.98. The molecule has 1 saturated heterocycles. The van der Waals surface area contributed by atoms with Crippen molar-refractivity contribution in [1.82, 2.24) is 4.90 Å². The molecule has 1 aliphatic heterocycles. The van der Waals surface area contributed by atoms with Gasteiger partial charge in [0, 0.05) is 43.9 Å². The van der Waals surface area contributed by atoms with Gasteiger partial charge < -0.3 is 4.90 Å². The molecule has 1 rings (SSSR count). The summed E-state index contributed by atoms with van der Waals surface area (Å²) < 4.78 is 0. The average molecular weight is 218 g/mol. The molecule has 44 valence electrons. The molecule has 3 heteroatoms. The van der Waals surface area contributed by atoms with Crippen molar-refractivity contribution in [2.45, 2.75) is 12.8 Å². The number of carbonyl (C=O) groups is 1. The van der Waals surface area contributed by atoms with E-state index in [4.69, 9.17) is 0 Å². The predicted molar refractivity (Wildman–Crippen MR) is 32.6 cm³/mol. The van der Waals surface area contributed by atoms with Gasteiger partial charge in [0.25, 0.3) is 0 Å². The number of nitrogens with zero attached hydrogens (tertiary/aromatic N) is 1. The number of hydrogen-bond acceptors (Lipinski definition) is 1. The summed E-state index contributed by atoms with van der Waals surface area (Å²) in [5, 5.41) is 0. The van der Waals surface area contributed by atoms with Gasteiger partial charge in [-0.15, -0.1) is 0 Å². The van der Waals surface area contributed by atoms with Crippen LogP contribution in [0.1, 0.15) is 12.8 Å². The molecule has 1 aliphatic rings. The second kappa shape index (κ2) is 3.32. The minimum atomic E-state index is 0. The van der Waals surface area contributed by atoms with Crippen LogP contribution in [0.4, 0.5) is 0 Å². The van der Waals surface area contributed by atoms with Gasteiger partial charge in [-0.1, -0.05) is 0 Å². The maximum absolute atomic E-state index is 10.5. The Labute approximate surface area is 66.2 Å². The van der Waals surface area contributed by atoms with E-state index in [2.05, 4.69) is 0 Å². The van der Waals surface area contributed by atoms with Crippen LogP contribution in [0.25, 0.3) is 0 Å². The van der Waals surface area contributed by atoms with E-state index in [0.29, 0.717) is 5.91 Å². The summed E-state index contributed by atoms with van der Waals surface area (Å²) in [5.41, 5.74) is 0. The van der Waals surface area contributed by atoms with E-state index in [1.807, 2.05) is 7.05 Å². The van der Waals surface area contributed by atoms with E-state index in [1.54, 1.807) is 4.90 Å². The Balaban J connectivity index is 0.000000490. The third-order valence-electron chi connectivity index (χ3n) is 1.31. The maximum atomic E-state index is 10.5. The summed E-state index contributed by atoms with van der Waals surface area (Å²) >= 11 is 0. The first-order valence-electron chi connectivity index (χ1n) is 2.54. The van der Waals surface area contributed by atoms with Crippen molar-refractivity contribution in [3.8, 4) is 0 Å². The molecule has 0 saturated carbocycles. The van der Waals surface area contributed by atoms with E-state index in [0.717, 1.165) is 19.4 Å². The minimum Gasteiger partial charge on any atom is -0.346 e. The number of rotatable bonds is 0. The fraction of sp³-hybridized carbons (Fsp3) is 0.800. The largest absolute Gasteiger partial charge is 0.346 e. The summed E-state index contributed by atoms with van der Waals surface area (Å²) in [4.78, 5) is 12.3. The third-order valence-corrected chi connectivity index (χ3v) is 1.31. The van der Waals surface area contributed by atoms with Gasteiger partial charge in [0.05, 0.1) is 0 Å². The fourth-order valence-electron chi connectivity index (χ4n) is 0.783. The first-order chi connectivity index (χ1) is 3.30. The molecule has 1 amide bonds. The van der Waals surface area contributed by atoms with Crippen molar-refractivity contribution in [2.24, 2.45) is 0 Å². The quantitative estimate of drug-likeness (QED) is 0.518. The Morgan fingerprint density at radius 2 is 2.25 bits per heavy atom. The molecule has 0 aliphatic carbocycles. The molecule has 4 radical (unpaired) electrons. The molecule has 8 heavy (non-hydrogen) atoms. The Bertz CT molecular complexity index is 94.4. The van der Waals surface area contributed by atoms with Gasteiger partial charge in [-0.2, -0.15) is 0 Å². The van der Waals surface area contributed by atoms with Crippen LogP contribution in [0, 0.1) is 0 Å². The molecule has 0 bridgehead atoms. The molecule has 2 nitrogen and oxygen atoms in total. The van der Waals surface area contributed by atoms with Crippen molar-refractivity contribution < 1.29 is 4.79 Å². The molecule has 0 aromatic carbocycles. The number of likely N-dealkylation sites (tertiary alicyclic amines) is 1. The zero-order chi connectivity index (χ0) is 5.28. The molecule has 0 atom stereocenters. The van der Waals surface area contributed by atoms with E-state index in [1.165, 1.54) is 0 Å². The summed E-state index contributed by atoms with van der Waals surface area (Å²) in [7, 11) is 1.84. The monoisotopic (exact) mass is 219 g/mol. The van der Waals surface area contributed by atoms with Crippen LogP contribution in [-0.2, 0) is 4.79 Å². The fourth-order valence-corrected chi connectivity index (χ4v) is 0.783. The van der Waals surface area contributed by atoms with E-state index in [9.17, 15) is 4.79 Å². The maximum Gasteiger partial charge on any atom is 0.222 e. The summed E-state index contributed by atoms with van der Waals surface area (Å²) in [6.07, 6.45) is 1.81. The summed E-state index contributed by atoms with van der Waals surface area (Å²) in [5.74, 6) is 0.292. The number of amides is 1. The molecular weight excluding hydrogens is 209 g/mol. The van der Waals surface area contributed by atoms with E-state index >= 15 is 0 Å². The normalized spacial score (nSPS) is 18.6. The number of carbonyl (C=O) groups excluding carboxylic acids is 1. The second-order valence-electron chi connectivity index (χ2n) is 1.92. The molecular formula is C5H9NOSn. The molecule has 1 fully saturated rings. The predicted octanol–water partition coefficient (Wildman–Crippen LogP) is -0.142. The molecule has 0 aromatic heterocycles. The SMILES string of the molecule is CN1CCCC1=O.[Sn]. The topological polar surface area (TPSA) is 20.3 Å². The Hall–Kier alpha value is 0.269. The third kappa shape index (κ3) is 1.65. The molecule has 0 N–H and O–H groups in total. The average Bonchev–Trinajstić information content (AvgIpc) is 1.91. The molecule has 0 aromatic rings. The Kier molecular flexibility index (Phi) is 3.44. The van der Waals surface area contributed by atoms with Crippen molar-refractivity contribution in [2.75, 3.05) is 13.6 Å². The number of hydrogen-bond donors (Lipinski definition) is 0. The molecule has 1 heterocycles. The van der Waals surface area contributed by atoms with Gasteiger partial charge in [-0.3, -0.25) is 4.79 Å². The van der Waals surface area contributed by atoms with Gasteiger partial charge >= 0.3 is 0 Å². The van der Waals surface area contributed by atoms with Crippen LogP contribution in [-0.4, -0.2) is 48.3 Å². The van der Waals surface area contributed by atoms with Crippen molar-refractivity contribution >= 4 is 29.8 Å². The van der Waals surface area contributed by atoms with Gasteiger partial charge in [0.2, 0.25) is 5.91 Å². The van der Waals surface area contributed by atoms with Crippen LogP contribution >= 0.6 is 0 Å². The van der Waals surface area contributed by atoms with Crippen molar-refractivity contribution in [1.29, 1.82) is 0 Å². The summed E-state index contributed by atoms with van der Waals surface area (Å²) in [6.45, 7) is 0.957. The summed E-state index contributed by atoms with van der Waals surface area (Å²) in [6, 6.07) is 0. The van der Waals surface area contributed by atoms with Crippen LogP contribution in [0.5, 0.6) is 0 Å².